The van der Waals surface area contributed by atoms with Crippen LogP contribution in [0.1, 0.15) is 35.2 Å². The van der Waals surface area contributed by atoms with E-state index in [1.54, 1.807) is 31.4 Å². The van der Waals surface area contributed by atoms with Gasteiger partial charge < -0.3 is 10.1 Å². The minimum Gasteiger partial charge on any atom is -0.376 e. The van der Waals surface area contributed by atoms with Crippen molar-refractivity contribution in [2.24, 2.45) is 0 Å². The van der Waals surface area contributed by atoms with Crippen molar-refractivity contribution in [1.82, 2.24) is 5.32 Å². The van der Waals surface area contributed by atoms with Crippen LogP contribution in [0.15, 0.2) is 24.3 Å². The molecular weight excluding hydrogens is 228 g/mol. The number of ether oxygens (including phenoxy) is 1. The van der Waals surface area contributed by atoms with Crippen LogP contribution in [0, 0.1) is 11.3 Å². The second kappa shape index (κ2) is 5.19. The highest BCUT2D eigenvalue weighted by Gasteiger charge is 2.37. The second-order valence-corrected chi connectivity index (χ2v) is 4.61. The van der Waals surface area contributed by atoms with E-state index < -0.39 is 0 Å². The van der Waals surface area contributed by atoms with E-state index in [0.717, 1.165) is 19.3 Å². The van der Waals surface area contributed by atoms with E-state index in [4.69, 9.17) is 10.00 Å². The number of hydrogen-bond acceptors (Lipinski definition) is 3. The summed E-state index contributed by atoms with van der Waals surface area (Å²) < 4.78 is 5.44. The van der Waals surface area contributed by atoms with Gasteiger partial charge in [0.1, 0.15) is 0 Å². The minimum absolute atomic E-state index is 0.122. The lowest BCUT2D eigenvalue weighted by molar-refractivity contribution is -0.0679. The molecular formula is C14H16N2O2. The quantitative estimate of drug-likeness (QED) is 0.879. The number of methoxy groups -OCH3 is 1. The summed E-state index contributed by atoms with van der Waals surface area (Å²) in [6, 6.07) is 8.63. The standard InChI is InChI=1S/C14H16N2O2/c1-18-14(7-2-8-14)10-16-13(17)12-5-3-11(9-15)4-6-12/h3-6H,2,7-8,10H2,1H3,(H,16,17). The third-order valence-corrected chi connectivity index (χ3v) is 3.55. The molecule has 1 amide bonds. The van der Waals surface area contributed by atoms with Crippen molar-refractivity contribution < 1.29 is 9.53 Å². The molecule has 0 unspecified atom stereocenters. The number of rotatable bonds is 4. The summed E-state index contributed by atoms with van der Waals surface area (Å²) in [7, 11) is 1.69. The molecule has 0 aromatic heterocycles. The van der Waals surface area contributed by atoms with Gasteiger partial charge in [-0.25, -0.2) is 0 Å². The Morgan fingerprint density at radius 2 is 2.11 bits per heavy atom. The van der Waals surface area contributed by atoms with Crippen molar-refractivity contribution >= 4 is 5.91 Å². The monoisotopic (exact) mass is 244 g/mol. The molecule has 1 fully saturated rings. The van der Waals surface area contributed by atoms with Crippen molar-refractivity contribution in [1.29, 1.82) is 5.26 Å². The predicted octanol–water partition coefficient (Wildman–Crippen LogP) is 1.86. The fourth-order valence-corrected chi connectivity index (χ4v) is 2.06. The fraction of sp³-hybridized carbons (Fsp3) is 0.429. The molecule has 0 spiro atoms. The van der Waals surface area contributed by atoms with Gasteiger partial charge in [-0.05, 0) is 43.5 Å². The van der Waals surface area contributed by atoms with Crippen molar-refractivity contribution in [3.8, 4) is 6.07 Å². The van der Waals surface area contributed by atoms with Gasteiger partial charge in [0, 0.05) is 19.2 Å². The van der Waals surface area contributed by atoms with Gasteiger partial charge in [-0.3, -0.25) is 4.79 Å². The van der Waals surface area contributed by atoms with Crippen LogP contribution in [0.5, 0.6) is 0 Å². The molecule has 0 atom stereocenters. The molecule has 1 aromatic rings. The SMILES string of the molecule is COC1(CNC(=O)c2ccc(C#N)cc2)CCC1. The Morgan fingerprint density at radius 3 is 2.56 bits per heavy atom. The van der Waals surface area contributed by atoms with Crippen molar-refractivity contribution in [2.75, 3.05) is 13.7 Å². The highest BCUT2D eigenvalue weighted by atomic mass is 16.5. The van der Waals surface area contributed by atoms with E-state index in [1.165, 1.54) is 0 Å². The number of amides is 1. The summed E-state index contributed by atoms with van der Waals surface area (Å²) in [6.45, 7) is 0.544. The Kier molecular flexibility index (Phi) is 3.63. The number of carbonyl (C=O) groups is 1. The number of benzene rings is 1. The molecule has 0 saturated heterocycles. The Hall–Kier alpha value is -1.86. The van der Waals surface area contributed by atoms with Crippen LogP contribution >= 0.6 is 0 Å². The molecule has 4 nitrogen and oxygen atoms in total. The van der Waals surface area contributed by atoms with Gasteiger partial charge in [-0.15, -0.1) is 0 Å². The first-order valence-electron chi connectivity index (χ1n) is 6.03. The van der Waals surface area contributed by atoms with E-state index in [-0.39, 0.29) is 11.5 Å². The first kappa shape index (κ1) is 12.6. The molecule has 1 aromatic carbocycles. The van der Waals surface area contributed by atoms with Gasteiger partial charge in [-0.1, -0.05) is 0 Å². The highest BCUT2D eigenvalue weighted by molar-refractivity contribution is 5.94. The number of nitrogens with zero attached hydrogens (tertiary/aromatic N) is 1. The van der Waals surface area contributed by atoms with Crippen LogP contribution in [-0.2, 0) is 4.74 Å². The fourth-order valence-electron chi connectivity index (χ4n) is 2.06. The average molecular weight is 244 g/mol. The molecule has 1 N–H and O–H groups in total. The lowest BCUT2D eigenvalue weighted by Gasteiger charge is -2.40. The van der Waals surface area contributed by atoms with Crippen LogP contribution in [0.25, 0.3) is 0 Å². The second-order valence-electron chi connectivity index (χ2n) is 4.61. The summed E-state index contributed by atoms with van der Waals surface area (Å²) in [5, 5.41) is 11.6. The normalized spacial score (nSPS) is 16.4. The summed E-state index contributed by atoms with van der Waals surface area (Å²) in [6.07, 6.45) is 3.15. The average Bonchev–Trinajstić information content (AvgIpc) is 2.38. The molecule has 1 aliphatic rings. The van der Waals surface area contributed by atoms with Crippen LogP contribution in [0.4, 0.5) is 0 Å². The van der Waals surface area contributed by atoms with Crippen LogP contribution in [0.2, 0.25) is 0 Å². The zero-order chi connectivity index (χ0) is 13.0. The zero-order valence-electron chi connectivity index (χ0n) is 10.4. The Morgan fingerprint density at radius 1 is 1.44 bits per heavy atom. The van der Waals surface area contributed by atoms with Crippen LogP contribution in [0.3, 0.4) is 0 Å². The Balaban J connectivity index is 1.93. The maximum Gasteiger partial charge on any atom is 0.251 e. The van der Waals surface area contributed by atoms with E-state index >= 15 is 0 Å². The van der Waals surface area contributed by atoms with Crippen molar-refractivity contribution in [3.63, 3.8) is 0 Å². The van der Waals surface area contributed by atoms with Crippen molar-refractivity contribution in [2.45, 2.75) is 24.9 Å². The first-order valence-corrected chi connectivity index (χ1v) is 6.03. The number of carbonyl (C=O) groups excluding carboxylic acids is 1. The molecule has 0 radical (unpaired) electrons. The molecule has 18 heavy (non-hydrogen) atoms. The summed E-state index contributed by atoms with van der Waals surface area (Å²) in [5.41, 5.74) is 0.959. The van der Waals surface area contributed by atoms with E-state index in [0.29, 0.717) is 17.7 Å². The predicted molar refractivity (Wildman–Crippen MR) is 67.1 cm³/mol. The molecule has 0 bridgehead atoms. The summed E-state index contributed by atoms with van der Waals surface area (Å²) >= 11 is 0. The first-order chi connectivity index (χ1) is 8.69. The minimum atomic E-state index is -0.164. The lowest BCUT2D eigenvalue weighted by atomic mass is 9.80. The molecule has 0 aliphatic heterocycles. The highest BCUT2D eigenvalue weighted by Crippen LogP contribution is 2.34. The molecule has 1 aliphatic carbocycles. The number of nitriles is 1. The van der Waals surface area contributed by atoms with Gasteiger partial charge in [0.25, 0.3) is 5.91 Å². The summed E-state index contributed by atoms with van der Waals surface area (Å²) in [4.78, 5) is 11.9. The topological polar surface area (TPSA) is 62.1 Å². The molecule has 4 heteroatoms. The maximum absolute atomic E-state index is 11.9. The Bertz CT molecular complexity index is 464. The maximum atomic E-state index is 11.9. The number of nitrogens with one attached hydrogen (secondary N) is 1. The lowest BCUT2D eigenvalue weighted by Crippen LogP contribution is -2.49. The van der Waals surface area contributed by atoms with Gasteiger partial charge >= 0.3 is 0 Å². The smallest absolute Gasteiger partial charge is 0.251 e. The van der Waals surface area contributed by atoms with E-state index in [2.05, 4.69) is 5.32 Å². The van der Waals surface area contributed by atoms with Gasteiger partial charge in [-0.2, -0.15) is 5.26 Å². The molecule has 0 heterocycles. The van der Waals surface area contributed by atoms with E-state index in [1.807, 2.05) is 6.07 Å². The molecule has 94 valence electrons. The largest absolute Gasteiger partial charge is 0.376 e. The number of hydrogen-bond donors (Lipinski definition) is 1. The zero-order valence-corrected chi connectivity index (χ0v) is 10.4. The van der Waals surface area contributed by atoms with E-state index in [9.17, 15) is 4.79 Å². The van der Waals surface area contributed by atoms with Gasteiger partial charge in [0.15, 0.2) is 0 Å². The third kappa shape index (κ3) is 2.52. The van der Waals surface area contributed by atoms with Crippen molar-refractivity contribution in [3.05, 3.63) is 35.4 Å². The summed E-state index contributed by atoms with van der Waals surface area (Å²) in [5.74, 6) is -0.122. The van der Waals surface area contributed by atoms with Crippen LogP contribution < -0.4 is 5.32 Å². The molecule has 2 rings (SSSR count). The third-order valence-electron chi connectivity index (χ3n) is 3.55. The van der Waals surface area contributed by atoms with Crippen LogP contribution in [-0.4, -0.2) is 25.2 Å². The van der Waals surface area contributed by atoms with Gasteiger partial charge in [0.05, 0.1) is 17.2 Å². The Labute approximate surface area is 107 Å². The molecule has 1 saturated carbocycles. The van der Waals surface area contributed by atoms with Gasteiger partial charge in [0.2, 0.25) is 0 Å².